The van der Waals surface area contributed by atoms with E-state index in [2.05, 4.69) is 40.1 Å². The van der Waals surface area contributed by atoms with Crippen molar-refractivity contribution in [2.24, 2.45) is 0 Å². The first kappa shape index (κ1) is 15.8. The summed E-state index contributed by atoms with van der Waals surface area (Å²) in [4.78, 5) is 4.85. The van der Waals surface area contributed by atoms with Crippen LogP contribution in [0.4, 0.5) is 0 Å². The predicted molar refractivity (Wildman–Crippen MR) is 84.2 cm³/mol. The standard InChI is InChI=1S/C17H25N3O/c1-15(2)21-17-6-4-16(5-7-17)14-20-12-10-19(11-13-20)9-3-8-18/h4-7,15H,3,9-14H2,1-2H3. The SMILES string of the molecule is CC(C)Oc1ccc(CN2CCN(CCC#N)CC2)cc1. The molecule has 21 heavy (non-hydrogen) atoms. The van der Waals surface area contributed by atoms with Crippen LogP contribution in [0.2, 0.25) is 0 Å². The number of nitrogens with zero attached hydrogens (tertiary/aromatic N) is 3. The lowest BCUT2D eigenvalue weighted by Gasteiger charge is -2.34. The van der Waals surface area contributed by atoms with Crippen molar-refractivity contribution in [1.29, 1.82) is 5.26 Å². The van der Waals surface area contributed by atoms with Crippen LogP contribution in [-0.4, -0.2) is 48.6 Å². The molecule has 0 aromatic heterocycles. The average molecular weight is 287 g/mol. The van der Waals surface area contributed by atoms with Gasteiger partial charge in [0.15, 0.2) is 0 Å². The van der Waals surface area contributed by atoms with Crippen LogP contribution >= 0.6 is 0 Å². The van der Waals surface area contributed by atoms with Crippen LogP contribution in [0.25, 0.3) is 0 Å². The van der Waals surface area contributed by atoms with Gasteiger partial charge in [-0.1, -0.05) is 12.1 Å². The van der Waals surface area contributed by atoms with Crippen molar-refractivity contribution >= 4 is 0 Å². The lowest BCUT2D eigenvalue weighted by Crippen LogP contribution is -2.46. The highest BCUT2D eigenvalue weighted by atomic mass is 16.5. The van der Waals surface area contributed by atoms with Crippen molar-refractivity contribution in [2.45, 2.75) is 32.9 Å². The van der Waals surface area contributed by atoms with E-state index >= 15 is 0 Å². The Bertz CT molecular complexity index is 456. The molecule has 2 rings (SSSR count). The van der Waals surface area contributed by atoms with E-state index in [1.165, 1.54) is 5.56 Å². The molecule has 0 spiro atoms. The van der Waals surface area contributed by atoms with E-state index in [0.717, 1.165) is 45.0 Å². The monoisotopic (exact) mass is 287 g/mol. The van der Waals surface area contributed by atoms with Gasteiger partial charge in [-0.2, -0.15) is 5.26 Å². The lowest BCUT2D eigenvalue weighted by atomic mass is 10.2. The highest BCUT2D eigenvalue weighted by Crippen LogP contribution is 2.16. The molecule has 1 aromatic rings. The fourth-order valence-corrected chi connectivity index (χ4v) is 2.58. The number of benzene rings is 1. The third-order valence-electron chi connectivity index (χ3n) is 3.71. The number of hydrogen-bond donors (Lipinski definition) is 0. The Hall–Kier alpha value is -1.57. The van der Waals surface area contributed by atoms with Gasteiger partial charge in [-0.25, -0.2) is 0 Å². The van der Waals surface area contributed by atoms with E-state index in [1.807, 2.05) is 13.8 Å². The molecule has 0 amide bonds. The van der Waals surface area contributed by atoms with Crippen molar-refractivity contribution in [1.82, 2.24) is 9.80 Å². The molecule has 0 unspecified atom stereocenters. The topological polar surface area (TPSA) is 39.5 Å². The first-order chi connectivity index (χ1) is 10.2. The van der Waals surface area contributed by atoms with Gasteiger partial charge in [0, 0.05) is 45.7 Å². The first-order valence-corrected chi connectivity index (χ1v) is 7.74. The minimum atomic E-state index is 0.220. The number of hydrogen-bond acceptors (Lipinski definition) is 4. The van der Waals surface area contributed by atoms with Crippen LogP contribution < -0.4 is 4.74 Å². The molecule has 1 aliphatic heterocycles. The second-order valence-electron chi connectivity index (χ2n) is 5.84. The largest absolute Gasteiger partial charge is 0.491 e. The Balaban J connectivity index is 1.77. The van der Waals surface area contributed by atoms with Gasteiger partial charge in [0.2, 0.25) is 0 Å². The van der Waals surface area contributed by atoms with Crippen LogP contribution in [0.3, 0.4) is 0 Å². The molecule has 114 valence electrons. The average Bonchev–Trinajstić information content (AvgIpc) is 2.48. The second kappa shape index (κ2) is 8.02. The van der Waals surface area contributed by atoms with E-state index in [4.69, 9.17) is 10.00 Å². The molecule has 0 saturated carbocycles. The van der Waals surface area contributed by atoms with Crippen molar-refractivity contribution in [3.05, 3.63) is 29.8 Å². The van der Waals surface area contributed by atoms with E-state index in [0.29, 0.717) is 6.42 Å². The summed E-state index contributed by atoms with van der Waals surface area (Å²) in [6, 6.07) is 10.6. The Morgan fingerprint density at radius 2 is 1.71 bits per heavy atom. The Labute approximate surface area is 127 Å². The van der Waals surface area contributed by atoms with E-state index in [-0.39, 0.29) is 6.10 Å². The zero-order valence-corrected chi connectivity index (χ0v) is 13.1. The van der Waals surface area contributed by atoms with Gasteiger partial charge in [0.05, 0.1) is 12.2 Å². The normalized spacial score (nSPS) is 16.9. The summed E-state index contributed by atoms with van der Waals surface area (Å²) in [6.07, 6.45) is 0.856. The van der Waals surface area contributed by atoms with Crippen LogP contribution in [0.1, 0.15) is 25.8 Å². The van der Waals surface area contributed by atoms with Crippen LogP contribution in [0.5, 0.6) is 5.75 Å². The molecule has 1 aromatic carbocycles. The smallest absolute Gasteiger partial charge is 0.119 e. The van der Waals surface area contributed by atoms with E-state index < -0.39 is 0 Å². The maximum Gasteiger partial charge on any atom is 0.119 e. The van der Waals surface area contributed by atoms with Crippen molar-refractivity contribution in [2.75, 3.05) is 32.7 Å². The Morgan fingerprint density at radius 1 is 1.10 bits per heavy atom. The van der Waals surface area contributed by atoms with Gasteiger partial charge in [-0.3, -0.25) is 9.80 Å². The van der Waals surface area contributed by atoms with Gasteiger partial charge in [-0.15, -0.1) is 0 Å². The molecule has 0 aliphatic carbocycles. The molecule has 1 fully saturated rings. The van der Waals surface area contributed by atoms with Gasteiger partial charge < -0.3 is 4.74 Å². The van der Waals surface area contributed by atoms with Crippen LogP contribution in [0, 0.1) is 11.3 Å². The molecule has 0 N–H and O–H groups in total. The second-order valence-corrected chi connectivity index (χ2v) is 5.84. The minimum Gasteiger partial charge on any atom is -0.491 e. The molecule has 1 saturated heterocycles. The molecule has 0 atom stereocenters. The number of piperazine rings is 1. The van der Waals surface area contributed by atoms with Crippen molar-refractivity contribution in [3.63, 3.8) is 0 Å². The lowest BCUT2D eigenvalue weighted by molar-refractivity contribution is 0.129. The molecular weight excluding hydrogens is 262 g/mol. The first-order valence-electron chi connectivity index (χ1n) is 7.74. The number of ether oxygens (including phenoxy) is 1. The highest BCUT2D eigenvalue weighted by molar-refractivity contribution is 5.27. The third-order valence-corrected chi connectivity index (χ3v) is 3.71. The zero-order chi connectivity index (χ0) is 15.1. The van der Waals surface area contributed by atoms with Crippen LogP contribution in [-0.2, 0) is 6.54 Å². The fraction of sp³-hybridized carbons (Fsp3) is 0.588. The quantitative estimate of drug-likeness (QED) is 0.806. The van der Waals surface area contributed by atoms with Gasteiger partial charge >= 0.3 is 0 Å². The Morgan fingerprint density at radius 3 is 2.29 bits per heavy atom. The van der Waals surface area contributed by atoms with E-state index in [9.17, 15) is 0 Å². The predicted octanol–water partition coefficient (Wildman–Crippen LogP) is 2.51. The number of nitriles is 1. The highest BCUT2D eigenvalue weighted by Gasteiger charge is 2.16. The molecule has 4 nitrogen and oxygen atoms in total. The maximum absolute atomic E-state index is 8.62. The number of rotatable bonds is 6. The van der Waals surface area contributed by atoms with Crippen LogP contribution in [0.15, 0.2) is 24.3 Å². The summed E-state index contributed by atoms with van der Waals surface area (Å²) in [5.74, 6) is 0.940. The van der Waals surface area contributed by atoms with Gasteiger partial charge in [0.1, 0.15) is 5.75 Å². The van der Waals surface area contributed by atoms with Gasteiger partial charge in [0.25, 0.3) is 0 Å². The molecule has 0 radical (unpaired) electrons. The van der Waals surface area contributed by atoms with E-state index in [1.54, 1.807) is 0 Å². The minimum absolute atomic E-state index is 0.220. The molecule has 0 bridgehead atoms. The molecular formula is C17H25N3O. The molecule has 1 aliphatic rings. The summed E-state index contributed by atoms with van der Waals surface area (Å²) in [6.45, 7) is 10.3. The van der Waals surface area contributed by atoms with Crippen molar-refractivity contribution < 1.29 is 4.74 Å². The summed E-state index contributed by atoms with van der Waals surface area (Å²) in [5, 5.41) is 8.62. The van der Waals surface area contributed by atoms with Gasteiger partial charge in [-0.05, 0) is 31.5 Å². The summed E-state index contributed by atoms with van der Waals surface area (Å²) < 4.78 is 5.66. The molecule has 1 heterocycles. The maximum atomic E-state index is 8.62. The zero-order valence-electron chi connectivity index (χ0n) is 13.1. The third kappa shape index (κ3) is 5.37. The summed E-state index contributed by atoms with van der Waals surface area (Å²) in [5.41, 5.74) is 1.33. The summed E-state index contributed by atoms with van der Waals surface area (Å²) in [7, 11) is 0. The molecule has 4 heteroatoms. The fourth-order valence-electron chi connectivity index (χ4n) is 2.58. The summed E-state index contributed by atoms with van der Waals surface area (Å²) >= 11 is 0. The van der Waals surface area contributed by atoms with Crippen molar-refractivity contribution in [3.8, 4) is 11.8 Å². The Kier molecular flexibility index (Phi) is 6.04.